The summed E-state index contributed by atoms with van der Waals surface area (Å²) in [5.74, 6) is 0. The van der Waals surface area contributed by atoms with Crippen molar-refractivity contribution in [2.24, 2.45) is 0 Å². The molecular formula is C7H20ClNO3. The third-order valence-corrected chi connectivity index (χ3v) is 0.771. The van der Waals surface area contributed by atoms with Gasteiger partial charge in [0, 0.05) is 0 Å². The number of aliphatic hydroxyl groups excluding tert-OH is 2. The number of likely N-dealkylation sites (N-methyl/N-ethyl adjacent to an activating group) is 1. The van der Waals surface area contributed by atoms with Gasteiger partial charge in [0.1, 0.15) is 12.8 Å². The summed E-state index contributed by atoms with van der Waals surface area (Å²) < 4.78 is 0.844. The number of halogens is 1. The van der Waals surface area contributed by atoms with Crippen LogP contribution in [0.15, 0.2) is 0 Å². The number of rotatable bonds is 2. The largest absolute Gasteiger partial charge is 1.00 e. The fourth-order valence-electron chi connectivity index (χ4n) is 0.300. The molecule has 4 nitrogen and oxygen atoms in total. The predicted molar refractivity (Wildman–Crippen MR) is 43.9 cm³/mol. The first-order valence-electron chi connectivity index (χ1n) is 3.57. The Morgan fingerprint density at radius 3 is 1.42 bits per heavy atom. The minimum Gasteiger partial charge on any atom is -1.00 e. The zero-order valence-electron chi connectivity index (χ0n) is 8.16. The Bertz CT molecular complexity index is 80.5. The second-order valence-electron chi connectivity index (χ2n) is 3.37. The van der Waals surface area contributed by atoms with Gasteiger partial charge in [0.15, 0.2) is 0 Å². The fraction of sp³-hybridized carbons (Fsp3) is 1.00. The van der Waals surface area contributed by atoms with Gasteiger partial charge in [0.05, 0.1) is 27.7 Å². The molecule has 0 aliphatic rings. The maximum Gasteiger partial charge on any atom is 0.148 e. The average Bonchev–Trinajstić information content (AvgIpc) is 1.58. The van der Waals surface area contributed by atoms with E-state index in [0.717, 1.165) is 11.0 Å². The maximum atomic E-state index is 8.39. The summed E-state index contributed by atoms with van der Waals surface area (Å²) in [7, 11) is 6.16. The Kier molecular flexibility index (Phi) is 13.9. The standard InChI is InChI=1S/C5H14NO.C2H6O2.ClH/c1-6(2,3)4-5-7;1-2(3)4;/h7H,4-5H2,1-3H3;2-4H,1H3;1H/q+1;;/p-1. The summed E-state index contributed by atoms with van der Waals surface area (Å²) >= 11 is 0. The Hall–Kier alpha value is 0.130. The van der Waals surface area contributed by atoms with Crippen molar-refractivity contribution in [2.45, 2.75) is 13.2 Å². The Labute approximate surface area is 80.4 Å². The lowest BCUT2D eigenvalue weighted by molar-refractivity contribution is -0.870. The molecule has 0 saturated heterocycles. The maximum absolute atomic E-state index is 8.39. The molecule has 0 rings (SSSR count). The zero-order chi connectivity index (χ0) is 9.49. The van der Waals surface area contributed by atoms with E-state index in [-0.39, 0.29) is 19.0 Å². The first-order chi connectivity index (χ1) is 4.79. The van der Waals surface area contributed by atoms with E-state index in [4.69, 9.17) is 15.3 Å². The van der Waals surface area contributed by atoms with Crippen LogP contribution >= 0.6 is 0 Å². The van der Waals surface area contributed by atoms with Crippen molar-refractivity contribution in [3.8, 4) is 0 Å². The Balaban J connectivity index is -0.000000142. The third-order valence-electron chi connectivity index (χ3n) is 0.771. The van der Waals surface area contributed by atoms with Gasteiger partial charge >= 0.3 is 0 Å². The number of hydrogen-bond donors (Lipinski definition) is 3. The highest BCUT2D eigenvalue weighted by atomic mass is 35.5. The molecule has 0 spiro atoms. The molecule has 0 atom stereocenters. The smallest absolute Gasteiger partial charge is 0.148 e. The molecule has 0 aliphatic heterocycles. The van der Waals surface area contributed by atoms with Gasteiger partial charge in [0.25, 0.3) is 0 Å². The van der Waals surface area contributed by atoms with E-state index in [2.05, 4.69) is 21.1 Å². The van der Waals surface area contributed by atoms with Gasteiger partial charge in [-0.15, -0.1) is 0 Å². The molecule has 3 N–H and O–H groups in total. The van der Waals surface area contributed by atoms with Crippen LogP contribution in [0.25, 0.3) is 0 Å². The number of hydrogen-bond acceptors (Lipinski definition) is 3. The molecule has 0 aromatic carbocycles. The number of aliphatic hydroxyl groups is 3. The van der Waals surface area contributed by atoms with Crippen molar-refractivity contribution in [1.82, 2.24) is 0 Å². The van der Waals surface area contributed by atoms with Crippen molar-refractivity contribution in [2.75, 3.05) is 34.3 Å². The minimum absolute atomic E-state index is 0. The van der Waals surface area contributed by atoms with Crippen molar-refractivity contribution >= 4 is 0 Å². The van der Waals surface area contributed by atoms with Gasteiger partial charge < -0.3 is 32.2 Å². The van der Waals surface area contributed by atoms with E-state index in [1.807, 2.05) is 0 Å². The van der Waals surface area contributed by atoms with Crippen LogP contribution < -0.4 is 12.4 Å². The molecule has 0 aromatic heterocycles. The first-order valence-corrected chi connectivity index (χ1v) is 3.57. The Morgan fingerprint density at radius 1 is 1.17 bits per heavy atom. The van der Waals surface area contributed by atoms with E-state index < -0.39 is 6.29 Å². The molecule has 0 fully saturated rings. The van der Waals surface area contributed by atoms with Gasteiger partial charge in [-0.1, -0.05) is 0 Å². The van der Waals surface area contributed by atoms with Crippen molar-refractivity contribution in [1.29, 1.82) is 0 Å². The van der Waals surface area contributed by atoms with E-state index in [9.17, 15) is 0 Å². The van der Waals surface area contributed by atoms with Gasteiger partial charge in [-0.2, -0.15) is 0 Å². The van der Waals surface area contributed by atoms with E-state index in [1.165, 1.54) is 6.92 Å². The van der Waals surface area contributed by atoms with Crippen LogP contribution in [0, 0.1) is 0 Å². The normalized spacial score (nSPS) is 10.0. The topological polar surface area (TPSA) is 60.7 Å². The van der Waals surface area contributed by atoms with Crippen molar-refractivity contribution in [3.63, 3.8) is 0 Å². The van der Waals surface area contributed by atoms with Crippen LogP contribution in [-0.2, 0) is 0 Å². The molecule has 0 amide bonds. The molecule has 0 radical (unpaired) electrons. The summed E-state index contributed by atoms with van der Waals surface area (Å²) in [6.45, 7) is 2.39. The molecule has 5 heteroatoms. The molecular weight excluding hydrogens is 182 g/mol. The quantitative estimate of drug-likeness (QED) is 0.316. The lowest BCUT2D eigenvalue weighted by atomic mass is 10.5. The van der Waals surface area contributed by atoms with Gasteiger partial charge in [-0.25, -0.2) is 0 Å². The highest BCUT2D eigenvalue weighted by molar-refractivity contribution is 4.19. The lowest BCUT2D eigenvalue weighted by Gasteiger charge is -2.21. The van der Waals surface area contributed by atoms with Gasteiger partial charge in [-0.05, 0) is 6.92 Å². The molecule has 12 heavy (non-hydrogen) atoms. The second-order valence-corrected chi connectivity index (χ2v) is 3.37. The zero-order valence-corrected chi connectivity index (χ0v) is 8.91. The van der Waals surface area contributed by atoms with Crippen LogP contribution in [0.4, 0.5) is 0 Å². The molecule has 0 unspecified atom stereocenters. The lowest BCUT2D eigenvalue weighted by Crippen LogP contribution is -3.00. The molecule has 0 saturated carbocycles. The SMILES string of the molecule is CC(O)O.C[N+](C)(C)CCO.[Cl-]. The number of nitrogens with zero attached hydrogens (tertiary/aromatic N) is 1. The van der Waals surface area contributed by atoms with E-state index in [0.29, 0.717) is 0 Å². The van der Waals surface area contributed by atoms with Crippen LogP contribution in [0.3, 0.4) is 0 Å². The van der Waals surface area contributed by atoms with Gasteiger partial charge in [-0.3, -0.25) is 0 Å². The van der Waals surface area contributed by atoms with Crippen LogP contribution in [-0.4, -0.2) is 60.4 Å². The summed E-state index contributed by atoms with van der Waals surface area (Å²) in [5, 5.41) is 23.6. The minimum atomic E-state index is -1.17. The predicted octanol–water partition coefficient (Wildman–Crippen LogP) is -3.99. The summed E-state index contributed by atoms with van der Waals surface area (Å²) in [6, 6.07) is 0. The molecule has 78 valence electrons. The van der Waals surface area contributed by atoms with E-state index >= 15 is 0 Å². The van der Waals surface area contributed by atoms with Crippen LogP contribution in [0.5, 0.6) is 0 Å². The monoisotopic (exact) mass is 201 g/mol. The van der Waals surface area contributed by atoms with Gasteiger partial charge in [0.2, 0.25) is 0 Å². The van der Waals surface area contributed by atoms with Crippen molar-refractivity contribution < 1.29 is 32.2 Å². The third kappa shape index (κ3) is 49.5. The highest BCUT2D eigenvalue weighted by Crippen LogP contribution is 1.84. The van der Waals surface area contributed by atoms with Crippen molar-refractivity contribution in [3.05, 3.63) is 0 Å². The second kappa shape index (κ2) is 9.22. The molecule has 0 aromatic rings. The first kappa shape index (κ1) is 18.0. The van der Waals surface area contributed by atoms with Crippen LogP contribution in [0.2, 0.25) is 0 Å². The summed E-state index contributed by atoms with van der Waals surface area (Å²) in [6.07, 6.45) is -1.17. The molecule has 0 bridgehead atoms. The average molecular weight is 202 g/mol. The van der Waals surface area contributed by atoms with Crippen LogP contribution in [0.1, 0.15) is 6.92 Å². The molecule has 0 heterocycles. The summed E-state index contributed by atoms with van der Waals surface area (Å²) in [4.78, 5) is 0. The highest BCUT2D eigenvalue weighted by Gasteiger charge is 2.02. The molecule has 0 aliphatic carbocycles. The number of quaternary nitrogens is 1. The van der Waals surface area contributed by atoms with E-state index in [1.54, 1.807) is 0 Å². The Morgan fingerprint density at radius 2 is 1.42 bits per heavy atom. The fourth-order valence-corrected chi connectivity index (χ4v) is 0.300. The summed E-state index contributed by atoms with van der Waals surface area (Å²) in [5.41, 5.74) is 0.